The lowest BCUT2D eigenvalue weighted by Crippen LogP contribution is -2.48. The second-order valence-corrected chi connectivity index (χ2v) is 4.14. The highest BCUT2D eigenvalue weighted by Crippen LogP contribution is 2.08. The molecule has 1 N–H and O–H groups in total. The highest BCUT2D eigenvalue weighted by atomic mass is 16.4. The van der Waals surface area contributed by atoms with E-state index in [1.807, 2.05) is 27.7 Å². The standard InChI is InChI=1S/C12H24N2O3/c1-5-8-13(9-11(15)16)12(17)14(7-3)10(4)6-2/h10H,5-9H2,1-4H3,(H,15,16). The van der Waals surface area contributed by atoms with Gasteiger partial charge in [-0.3, -0.25) is 4.79 Å². The zero-order valence-corrected chi connectivity index (χ0v) is 11.3. The third-order valence-corrected chi connectivity index (χ3v) is 2.80. The third-order valence-electron chi connectivity index (χ3n) is 2.80. The van der Waals surface area contributed by atoms with Crippen molar-refractivity contribution in [1.82, 2.24) is 9.80 Å². The summed E-state index contributed by atoms with van der Waals surface area (Å²) in [5, 5.41) is 8.80. The fourth-order valence-electron chi connectivity index (χ4n) is 1.71. The van der Waals surface area contributed by atoms with Crippen LogP contribution in [0.1, 0.15) is 40.5 Å². The van der Waals surface area contributed by atoms with Crippen LogP contribution in [0, 0.1) is 0 Å². The zero-order valence-electron chi connectivity index (χ0n) is 11.3. The molecule has 0 radical (unpaired) electrons. The molecule has 5 heteroatoms. The minimum atomic E-state index is -0.966. The first kappa shape index (κ1) is 15.7. The molecule has 5 nitrogen and oxygen atoms in total. The third kappa shape index (κ3) is 5.06. The number of carboxylic acid groups (broad SMARTS) is 1. The van der Waals surface area contributed by atoms with Gasteiger partial charge in [-0.15, -0.1) is 0 Å². The summed E-state index contributed by atoms with van der Waals surface area (Å²) in [5.41, 5.74) is 0. The molecule has 0 heterocycles. The van der Waals surface area contributed by atoms with Gasteiger partial charge in [0, 0.05) is 19.1 Å². The average molecular weight is 244 g/mol. The molecular formula is C12H24N2O3. The molecule has 0 fully saturated rings. The Morgan fingerprint density at radius 3 is 2.18 bits per heavy atom. The summed E-state index contributed by atoms with van der Waals surface area (Å²) in [6.45, 7) is 8.70. The van der Waals surface area contributed by atoms with Crippen LogP contribution in [-0.4, -0.2) is 52.6 Å². The van der Waals surface area contributed by atoms with Crippen LogP contribution >= 0.6 is 0 Å². The summed E-state index contributed by atoms with van der Waals surface area (Å²) in [7, 11) is 0. The lowest BCUT2D eigenvalue weighted by atomic mass is 10.2. The largest absolute Gasteiger partial charge is 0.480 e. The Labute approximate surface area is 103 Å². The van der Waals surface area contributed by atoms with Crippen LogP contribution in [0.4, 0.5) is 4.79 Å². The summed E-state index contributed by atoms with van der Waals surface area (Å²) in [6, 6.07) is -0.0354. The average Bonchev–Trinajstić information content (AvgIpc) is 2.28. The molecule has 17 heavy (non-hydrogen) atoms. The number of carbonyl (C=O) groups is 2. The summed E-state index contributed by atoms with van der Waals surface area (Å²) in [5.74, 6) is -0.966. The molecule has 0 bridgehead atoms. The van der Waals surface area contributed by atoms with Gasteiger partial charge in [0.15, 0.2) is 0 Å². The van der Waals surface area contributed by atoms with Gasteiger partial charge in [-0.1, -0.05) is 13.8 Å². The molecule has 0 spiro atoms. The Kier molecular flexibility index (Phi) is 7.34. The monoisotopic (exact) mass is 244 g/mol. The van der Waals surface area contributed by atoms with E-state index in [-0.39, 0.29) is 18.6 Å². The zero-order chi connectivity index (χ0) is 13.4. The highest BCUT2D eigenvalue weighted by Gasteiger charge is 2.23. The van der Waals surface area contributed by atoms with E-state index in [1.54, 1.807) is 4.90 Å². The second-order valence-electron chi connectivity index (χ2n) is 4.14. The fraction of sp³-hybridized carbons (Fsp3) is 0.833. The van der Waals surface area contributed by atoms with Gasteiger partial charge in [-0.25, -0.2) is 4.79 Å². The van der Waals surface area contributed by atoms with Crippen molar-refractivity contribution in [3.63, 3.8) is 0 Å². The molecule has 0 aliphatic heterocycles. The van der Waals surface area contributed by atoms with Crippen molar-refractivity contribution in [3.8, 4) is 0 Å². The SMILES string of the molecule is CCCN(CC(=O)O)C(=O)N(CC)C(C)CC. The van der Waals surface area contributed by atoms with E-state index < -0.39 is 5.97 Å². The van der Waals surface area contributed by atoms with Crippen molar-refractivity contribution in [1.29, 1.82) is 0 Å². The van der Waals surface area contributed by atoms with Crippen molar-refractivity contribution in [2.24, 2.45) is 0 Å². The predicted octanol–water partition coefficient (Wildman–Crippen LogP) is 2.02. The lowest BCUT2D eigenvalue weighted by molar-refractivity contribution is -0.137. The molecule has 100 valence electrons. The van der Waals surface area contributed by atoms with Gasteiger partial charge in [0.1, 0.15) is 6.54 Å². The Balaban J connectivity index is 4.71. The van der Waals surface area contributed by atoms with Crippen molar-refractivity contribution < 1.29 is 14.7 Å². The van der Waals surface area contributed by atoms with Crippen LogP contribution in [0.15, 0.2) is 0 Å². The number of carbonyl (C=O) groups excluding carboxylic acids is 1. The van der Waals surface area contributed by atoms with Gasteiger partial charge in [-0.2, -0.15) is 0 Å². The molecule has 0 aromatic heterocycles. The van der Waals surface area contributed by atoms with Crippen molar-refractivity contribution >= 4 is 12.0 Å². The fourth-order valence-corrected chi connectivity index (χ4v) is 1.71. The molecule has 0 aliphatic carbocycles. The molecule has 0 rings (SSSR count). The maximum Gasteiger partial charge on any atom is 0.323 e. The van der Waals surface area contributed by atoms with Crippen LogP contribution < -0.4 is 0 Å². The minimum Gasteiger partial charge on any atom is -0.480 e. The normalized spacial score (nSPS) is 12.0. The van der Waals surface area contributed by atoms with Crippen LogP contribution in [0.5, 0.6) is 0 Å². The van der Waals surface area contributed by atoms with Gasteiger partial charge >= 0.3 is 12.0 Å². The predicted molar refractivity (Wildman–Crippen MR) is 67.0 cm³/mol. The van der Waals surface area contributed by atoms with Gasteiger partial charge in [-0.05, 0) is 26.7 Å². The van der Waals surface area contributed by atoms with E-state index in [9.17, 15) is 9.59 Å². The molecule has 0 aromatic rings. The maximum atomic E-state index is 12.2. The van der Waals surface area contributed by atoms with E-state index in [2.05, 4.69) is 0 Å². The Morgan fingerprint density at radius 2 is 1.82 bits per heavy atom. The number of hydrogen-bond acceptors (Lipinski definition) is 2. The van der Waals surface area contributed by atoms with Crippen molar-refractivity contribution in [3.05, 3.63) is 0 Å². The van der Waals surface area contributed by atoms with Crippen LogP contribution in [0.2, 0.25) is 0 Å². The first-order chi connectivity index (χ1) is 7.97. The topological polar surface area (TPSA) is 60.9 Å². The van der Waals surface area contributed by atoms with Gasteiger partial charge in [0.05, 0.1) is 0 Å². The molecule has 0 saturated heterocycles. The Morgan fingerprint density at radius 1 is 1.24 bits per heavy atom. The van der Waals surface area contributed by atoms with Crippen molar-refractivity contribution in [2.45, 2.75) is 46.6 Å². The van der Waals surface area contributed by atoms with Crippen molar-refractivity contribution in [2.75, 3.05) is 19.6 Å². The molecule has 1 atom stereocenters. The molecule has 0 saturated carbocycles. The number of hydrogen-bond donors (Lipinski definition) is 1. The summed E-state index contributed by atoms with van der Waals surface area (Å²) in [6.07, 6.45) is 1.63. The van der Waals surface area contributed by atoms with E-state index in [4.69, 9.17) is 5.11 Å². The quantitative estimate of drug-likeness (QED) is 0.745. The smallest absolute Gasteiger partial charge is 0.323 e. The number of amides is 2. The van der Waals surface area contributed by atoms with Crippen LogP contribution in [0.25, 0.3) is 0 Å². The van der Waals surface area contributed by atoms with E-state index in [0.717, 1.165) is 12.8 Å². The number of urea groups is 1. The number of aliphatic carboxylic acids is 1. The highest BCUT2D eigenvalue weighted by molar-refractivity contribution is 5.80. The Hall–Kier alpha value is -1.26. The summed E-state index contributed by atoms with van der Waals surface area (Å²) >= 11 is 0. The van der Waals surface area contributed by atoms with E-state index in [1.165, 1.54) is 4.90 Å². The molecule has 1 unspecified atom stereocenters. The van der Waals surface area contributed by atoms with Gasteiger partial charge < -0.3 is 14.9 Å². The lowest BCUT2D eigenvalue weighted by Gasteiger charge is -2.32. The molecule has 2 amide bonds. The van der Waals surface area contributed by atoms with Crippen LogP contribution in [0.3, 0.4) is 0 Å². The Bertz CT molecular complexity index is 256. The number of carboxylic acids is 1. The van der Waals surface area contributed by atoms with E-state index >= 15 is 0 Å². The number of nitrogens with zero attached hydrogens (tertiary/aromatic N) is 2. The number of rotatable bonds is 7. The summed E-state index contributed by atoms with van der Waals surface area (Å²) < 4.78 is 0. The molecular weight excluding hydrogens is 220 g/mol. The minimum absolute atomic E-state index is 0.139. The summed E-state index contributed by atoms with van der Waals surface area (Å²) in [4.78, 5) is 26.0. The molecule has 0 aliphatic rings. The maximum absolute atomic E-state index is 12.2. The van der Waals surface area contributed by atoms with Gasteiger partial charge in [0.25, 0.3) is 0 Å². The van der Waals surface area contributed by atoms with Gasteiger partial charge in [0.2, 0.25) is 0 Å². The van der Waals surface area contributed by atoms with Crippen LogP contribution in [-0.2, 0) is 4.79 Å². The molecule has 0 aromatic carbocycles. The first-order valence-electron chi connectivity index (χ1n) is 6.25. The second kappa shape index (κ2) is 7.92. The first-order valence-corrected chi connectivity index (χ1v) is 6.25. The van der Waals surface area contributed by atoms with E-state index in [0.29, 0.717) is 13.1 Å².